The Kier molecular flexibility index (Phi) is 3.55. The van der Waals surface area contributed by atoms with E-state index in [1.54, 1.807) is 6.20 Å². The Balaban J connectivity index is 1.66. The molecule has 3 rings (SSSR count). The van der Waals surface area contributed by atoms with Gasteiger partial charge in [0.25, 0.3) is 0 Å². The zero-order valence-corrected chi connectivity index (χ0v) is 11.4. The van der Waals surface area contributed by atoms with Gasteiger partial charge in [0.15, 0.2) is 0 Å². The second-order valence-corrected chi connectivity index (χ2v) is 5.88. The molecule has 1 aromatic heterocycles. The zero-order valence-electron chi connectivity index (χ0n) is 11.4. The van der Waals surface area contributed by atoms with Crippen LogP contribution in [0.4, 0.5) is 0 Å². The molecule has 3 atom stereocenters. The lowest BCUT2D eigenvalue weighted by Crippen LogP contribution is -2.44. The highest BCUT2D eigenvalue weighted by Crippen LogP contribution is 2.28. The van der Waals surface area contributed by atoms with E-state index < -0.39 is 0 Å². The summed E-state index contributed by atoms with van der Waals surface area (Å²) in [7, 11) is 0. The molecule has 2 aliphatic heterocycles. The van der Waals surface area contributed by atoms with Gasteiger partial charge in [-0.25, -0.2) is 0 Å². The van der Waals surface area contributed by atoms with Crippen molar-refractivity contribution < 1.29 is 4.79 Å². The number of rotatable bonds is 2. The number of carbonyl (C=O) groups is 1. The standard InChI is InChI=1S/C14H22N4O/c1-10-7-15-8-12(10)14(19)18-6-2-3-11(9-18)13-4-5-16-17-13/h4-5,10-12,15H,2-3,6-9H2,1H3,(H,16,17)/t10-,11?,12-/m1/s1. The smallest absolute Gasteiger partial charge is 0.227 e. The lowest BCUT2D eigenvalue weighted by Gasteiger charge is -2.34. The van der Waals surface area contributed by atoms with Crippen molar-refractivity contribution >= 4 is 5.91 Å². The van der Waals surface area contributed by atoms with Gasteiger partial charge in [-0.15, -0.1) is 0 Å². The Morgan fingerprint density at radius 3 is 3.05 bits per heavy atom. The molecule has 1 unspecified atom stereocenters. The van der Waals surface area contributed by atoms with Gasteiger partial charge in [-0.3, -0.25) is 9.89 Å². The minimum absolute atomic E-state index is 0.167. The first kappa shape index (κ1) is 12.7. The third-order valence-electron chi connectivity index (χ3n) is 4.53. The normalized spacial score (nSPS) is 31.6. The third-order valence-corrected chi connectivity index (χ3v) is 4.53. The number of hydrogen-bond donors (Lipinski definition) is 2. The summed E-state index contributed by atoms with van der Waals surface area (Å²) in [6.07, 6.45) is 4.02. The zero-order chi connectivity index (χ0) is 13.2. The van der Waals surface area contributed by atoms with Crippen molar-refractivity contribution in [1.82, 2.24) is 20.4 Å². The van der Waals surface area contributed by atoms with Gasteiger partial charge in [0.05, 0.1) is 5.92 Å². The molecule has 5 nitrogen and oxygen atoms in total. The Morgan fingerprint density at radius 2 is 2.37 bits per heavy atom. The quantitative estimate of drug-likeness (QED) is 0.835. The second kappa shape index (κ2) is 5.33. The van der Waals surface area contributed by atoms with Crippen molar-refractivity contribution in [2.75, 3.05) is 26.2 Å². The van der Waals surface area contributed by atoms with Crippen LogP contribution in [0.5, 0.6) is 0 Å². The first-order chi connectivity index (χ1) is 9.25. The number of amides is 1. The van der Waals surface area contributed by atoms with Crippen LogP contribution in [0.1, 0.15) is 31.4 Å². The van der Waals surface area contributed by atoms with E-state index in [2.05, 4.69) is 27.3 Å². The number of nitrogens with zero attached hydrogens (tertiary/aromatic N) is 2. The summed E-state index contributed by atoms with van der Waals surface area (Å²) in [5, 5.41) is 10.4. The highest BCUT2D eigenvalue weighted by Gasteiger charge is 2.35. The number of aromatic amines is 1. The van der Waals surface area contributed by atoms with E-state index in [0.717, 1.165) is 44.7 Å². The van der Waals surface area contributed by atoms with Crippen molar-refractivity contribution in [2.24, 2.45) is 11.8 Å². The Morgan fingerprint density at radius 1 is 1.47 bits per heavy atom. The Labute approximate surface area is 113 Å². The molecular weight excluding hydrogens is 240 g/mol. The molecule has 0 radical (unpaired) electrons. The van der Waals surface area contributed by atoms with Crippen LogP contribution in [0, 0.1) is 11.8 Å². The van der Waals surface area contributed by atoms with E-state index in [1.165, 1.54) is 0 Å². The molecule has 0 aromatic carbocycles. The van der Waals surface area contributed by atoms with Gasteiger partial charge in [0.2, 0.25) is 5.91 Å². The minimum atomic E-state index is 0.167. The summed E-state index contributed by atoms with van der Waals surface area (Å²) in [6.45, 7) is 5.72. The van der Waals surface area contributed by atoms with Gasteiger partial charge in [-0.1, -0.05) is 6.92 Å². The van der Waals surface area contributed by atoms with Crippen LogP contribution in [0.3, 0.4) is 0 Å². The third kappa shape index (κ3) is 2.52. The van der Waals surface area contributed by atoms with Gasteiger partial charge >= 0.3 is 0 Å². The summed E-state index contributed by atoms with van der Waals surface area (Å²) in [5.74, 6) is 1.38. The van der Waals surface area contributed by atoms with Crippen molar-refractivity contribution in [3.05, 3.63) is 18.0 Å². The largest absolute Gasteiger partial charge is 0.342 e. The van der Waals surface area contributed by atoms with Crippen molar-refractivity contribution in [3.8, 4) is 0 Å². The first-order valence-electron chi connectivity index (χ1n) is 7.24. The van der Waals surface area contributed by atoms with Crippen molar-refractivity contribution in [2.45, 2.75) is 25.7 Å². The maximum atomic E-state index is 12.6. The monoisotopic (exact) mass is 262 g/mol. The van der Waals surface area contributed by atoms with Crippen molar-refractivity contribution in [3.63, 3.8) is 0 Å². The molecule has 2 aliphatic rings. The molecule has 2 fully saturated rings. The Hall–Kier alpha value is -1.36. The molecule has 0 aliphatic carbocycles. The molecule has 2 N–H and O–H groups in total. The number of hydrogen-bond acceptors (Lipinski definition) is 3. The van der Waals surface area contributed by atoms with E-state index in [4.69, 9.17) is 0 Å². The molecule has 104 valence electrons. The fourth-order valence-corrected chi connectivity index (χ4v) is 3.30. The van der Waals surface area contributed by atoms with E-state index in [9.17, 15) is 4.79 Å². The second-order valence-electron chi connectivity index (χ2n) is 5.88. The van der Waals surface area contributed by atoms with E-state index in [1.807, 2.05) is 6.07 Å². The minimum Gasteiger partial charge on any atom is -0.342 e. The number of aromatic nitrogens is 2. The summed E-state index contributed by atoms with van der Waals surface area (Å²) in [4.78, 5) is 14.6. The summed E-state index contributed by atoms with van der Waals surface area (Å²) in [6, 6.07) is 2.03. The van der Waals surface area contributed by atoms with Crippen LogP contribution in [-0.2, 0) is 4.79 Å². The maximum Gasteiger partial charge on any atom is 0.227 e. The van der Waals surface area contributed by atoms with Gasteiger partial charge in [-0.05, 0) is 31.4 Å². The topological polar surface area (TPSA) is 61.0 Å². The van der Waals surface area contributed by atoms with Gasteiger partial charge in [0, 0.05) is 37.4 Å². The number of likely N-dealkylation sites (tertiary alicyclic amines) is 1. The molecule has 1 aromatic rings. The van der Waals surface area contributed by atoms with Crippen LogP contribution in [0.25, 0.3) is 0 Å². The predicted molar refractivity (Wildman–Crippen MR) is 72.7 cm³/mol. The summed E-state index contributed by atoms with van der Waals surface area (Å²) >= 11 is 0. The summed E-state index contributed by atoms with van der Waals surface area (Å²) in [5.41, 5.74) is 1.16. The van der Waals surface area contributed by atoms with Gasteiger partial charge in [-0.2, -0.15) is 5.10 Å². The van der Waals surface area contributed by atoms with E-state index in [0.29, 0.717) is 17.7 Å². The molecule has 19 heavy (non-hydrogen) atoms. The summed E-state index contributed by atoms with van der Waals surface area (Å²) < 4.78 is 0. The van der Waals surface area contributed by atoms with Gasteiger partial charge < -0.3 is 10.2 Å². The average Bonchev–Trinajstić information content (AvgIpc) is 3.09. The molecule has 1 amide bonds. The molecular formula is C14H22N4O. The molecule has 0 spiro atoms. The van der Waals surface area contributed by atoms with Crippen LogP contribution >= 0.6 is 0 Å². The number of H-pyrrole nitrogens is 1. The van der Waals surface area contributed by atoms with Crippen LogP contribution in [-0.4, -0.2) is 47.2 Å². The number of nitrogens with one attached hydrogen (secondary N) is 2. The SMILES string of the molecule is C[C@@H]1CNC[C@H]1C(=O)N1CCCC(c2ccn[nH]2)C1. The molecule has 5 heteroatoms. The lowest BCUT2D eigenvalue weighted by atomic mass is 9.91. The lowest BCUT2D eigenvalue weighted by molar-refractivity contribution is -0.137. The predicted octanol–water partition coefficient (Wildman–Crippen LogP) is 0.971. The highest BCUT2D eigenvalue weighted by atomic mass is 16.2. The van der Waals surface area contributed by atoms with Crippen LogP contribution in [0.2, 0.25) is 0 Å². The fraction of sp³-hybridized carbons (Fsp3) is 0.714. The van der Waals surface area contributed by atoms with Crippen molar-refractivity contribution in [1.29, 1.82) is 0 Å². The molecule has 0 saturated carbocycles. The van der Waals surface area contributed by atoms with Crippen LogP contribution in [0.15, 0.2) is 12.3 Å². The molecule has 2 saturated heterocycles. The van der Waals surface area contributed by atoms with Gasteiger partial charge in [0.1, 0.15) is 0 Å². The van der Waals surface area contributed by atoms with Crippen LogP contribution < -0.4 is 5.32 Å². The number of piperidine rings is 1. The maximum absolute atomic E-state index is 12.6. The molecule has 3 heterocycles. The Bertz CT molecular complexity index is 431. The van der Waals surface area contributed by atoms with E-state index in [-0.39, 0.29) is 5.92 Å². The first-order valence-corrected chi connectivity index (χ1v) is 7.24. The number of carbonyl (C=O) groups excluding carboxylic acids is 1. The average molecular weight is 262 g/mol. The van der Waals surface area contributed by atoms with E-state index >= 15 is 0 Å². The molecule has 0 bridgehead atoms. The fourth-order valence-electron chi connectivity index (χ4n) is 3.30. The highest BCUT2D eigenvalue weighted by molar-refractivity contribution is 5.80.